The van der Waals surface area contributed by atoms with Gasteiger partial charge in [0, 0.05) is 333 Å². The van der Waals surface area contributed by atoms with Crippen LogP contribution in [0.4, 0.5) is 0 Å². The van der Waals surface area contributed by atoms with E-state index in [1.807, 2.05) is 14.7 Å². The van der Waals surface area contributed by atoms with E-state index in [0.29, 0.717) is 177 Å². The second kappa shape index (κ2) is 47.7. The summed E-state index contributed by atoms with van der Waals surface area (Å²) in [6, 6.07) is 0. The van der Waals surface area contributed by atoms with E-state index in [2.05, 4.69) is 46.6 Å². The van der Waals surface area contributed by atoms with Crippen molar-refractivity contribution in [2.45, 2.75) is 44.9 Å². The van der Waals surface area contributed by atoms with Crippen LogP contribution in [0.15, 0.2) is 0 Å². The molecule has 0 aromatic rings. The first-order valence-electron chi connectivity index (χ1n) is 40.2. The SMILES string of the molecule is CN1CC(C(=O)NCCN(CCN2CC(C(=O)NCCN(CCN3CC(C(N)=O)CC3=O)CCN3CC(C(=O)NCCN(CCN)CCN)CC3=O)CC2=O)CCN2CC(C(=O)NCCN(CCN3CC(C(=O)NCCN(CCN)CCN)CC3=O)CCN3CC(C(=O)NCCN(CCN)CCN)CC3=O)CC2=O)CC1=O. The van der Waals surface area contributed by atoms with Gasteiger partial charge in [-0.2, -0.15) is 0 Å². The number of rotatable bonds is 55. The Labute approximate surface area is 657 Å². The molecule has 7 rings (SSSR count). The number of amides is 14. The highest BCUT2D eigenvalue weighted by molar-refractivity contribution is 5.93. The van der Waals surface area contributed by atoms with E-state index in [4.69, 9.17) is 40.1 Å². The predicted molar refractivity (Wildman–Crippen MR) is 414 cm³/mol. The first-order valence-corrected chi connectivity index (χ1v) is 40.2. The molecule has 40 nitrogen and oxygen atoms in total. The lowest BCUT2D eigenvalue weighted by atomic mass is 10.1. The van der Waals surface area contributed by atoms with E-state index >= 15 is 0 Å². The van der Waals surface area contributed by atoms with Gasteiger partial charge in [0.2, 0.25) is 82.7 Å². The van der Waals surface area contributed by atoms with E-state index in [1.54, 1.807) is 36.4 Å². The lowest BCUT2D eigenvalue weighted by Gasteiger charge is -2.28. The molecule has 7 aliphatic rings. The molecule has 0 spiro atoms. The fourth-order valence-electron chi connectivity index (χ4n) is 15.6. The van der Waals surface area contributed by atoms with E-state index in [9.17, 15) is 67.1 Å². The Hall–Kier alpha value is -7.90. The summed E-state index contributed by atoms with van der Waals surface area (Å²) in [5.41, 5.74) is 40.0. The van der Waals surface area contributed by atoms with Crippen LogP contribution in [-0.4, -0.2) is 435 Å². The molecule has 0 radical (unpaired) electrons. The van der Waals surface area contributed by atoms with Crippen LogP contribution >= 0.6 is 0 Å². The first-order chi connectivity index (χ1) is 53.8. The van der Waals surface area contributed by atoms with Crippen LogP contribution in [0.2, 0.25) is 0 Å². The largest absolute Gasteiger partial charge is 0.369 e. The molecule has 7 heterocycles. The van der Waals surface area contributed by atoms with Gasteiger partial charge in [0.15, 0.2) is 0 Å². The van der Waals surface area contributed by atoms with E-state index < -0.39 is 47.3 Å². The van der Waals surface area contributed by atoms with Gasteiger partial charge in [-0.05, 0) is 0 Å². The molecule has 0 aromatic heterocycles. The Morgan fingerprint density at radius 2 is 0.438 bits per heavy atom. The van der Waals surface area contributed by atoms with E-state index in [-0.39, 0.29) is 226 Å². The minimum absolute atomic E-state index is 0.0150. The topological polar surface area (TPSA) is 535 Å². The molecular weight excluding hydrogens is 1450 g/mol. The molecule has 0 aromatic carbocycles. The molecule has 7 saturated heterocycles. The van der Waals surface area contributed by atoms with Crippen LogP contribution in [-0.2, 0) is 67.1 Å². The van der Waals surface area contributed by atoms with Crippen molar-refractivity contribution in [2.75, 3.05) is 288 Å². The summed E-state index contributed by atoms with van der Waals surface area (Å²) in [4.78, 5) is 209. The molecule has 7 aliphatic heterocycles. The Morgan fingerprint density at radius 3 is 0.607 bits per heavy atom. The summed E-state index contributed by atoms with van der Waals surface area (Å²) in [6.07, 6.45) is 0.170. The third-order valence-corrected chi connectivity index (χ3v) is 22.4. The first kappa shape index (κ1) is 91.3. The van der Waals surface area contributed by atoms with Crippen LogP contribution in [0.1, 0.15) is 44.9 Å². The second-order valence-electron chi connectivity index (χ2n) is 30.6. The number of nitrogens with zero attached hydrogens (tertiary/aromatic N) is 13. The standard InChI is InChI=1S/C72H130N26O14/c1-86-45-53(39-59(86)99)67(107)80-11-23-91(28-34-97-50-57(43-64(97)104)71(111)84-12-24-90(26-32-93-46-52(66(79)106)38-60(93)100)27-33-94-47-54(40-61(94)101)68(108)81-8-20-87(14-2-73)15-3-74)29-35-98-51-58(44-65(98)105)72(112)85-13-25-92(30-36-95-48-55(41-62(95)102)69(109)82-9-21-88(16-4-75)17-5-76)31-37-96-49-56(42-63(96)103)70(110)83-10-22-89(18-6-77)19-7-78/h52-58H,2-51,73-78H2,1H3,(H2,79,106)(H,80,107)(H,81,108)(H,82,109)(H,83,110)(H,84,111)(H,85,112). The average Bonchev–Trinajstić information content (AvgIpc) is 1.71. The normalized spacial score (nSPS) is 21.6. The van der Waals surface area contributed by atoms with Crippen molar-refractivity contribution in [2.24, 2.45) is 81.6 Å². The maximum atomic E-state index is 14.0. The number of nitrogens with two attached hydrogens (primary N) is 7. The Bertz CT molecular complexity index is 3060. The number of nitrogens with one attached hydrogen (secondary N) is 6. The van der Waals surface area contributed by atoms with Gasteiger partial charge in [-0.1, -0.05) is 0 Å². The minimum atomic E-state index is -0.691. The molecule has 14 amide bonds. The molecule has 0 saturated carbocycles. The number of hydrogen-bond acceptors (Lipinski definition) is 26. The summed E-state index contributed by atoms with van der Waals surface area (Å²) in [6.45, 7) is 15.6. The van der Waals surface area contributed by atoms with Crippen molar-refractivity contribution in [1.82, 2.24) is 95.6 Å². The highest BCUT2D eigenvalue weighted by Crippen LogP contribution is 2.24. The van der Waals surface area contributed by atoms with Gasteiger partial charge in [-0.3, -0.25) is 96.5 Å². The van der Waals surface area contributed by atoms with Crippen LogP contribution < -0.4 is 72.0 Å². The van der Waals surface area contributed by atoms with Crippen LogP contribution in [0.5, 0.6) is 0 Å². The fourth-order valence-corrected chi connectivity index (χ4v) is 15.6. The van der Waals surface area contributed by atoms with Crippen molar-refractivity contribution in [3.8, 4) is 0 Å². The van der Waals surface area contributed by atoms with E-state index in [1.165, 1.54) is 4.90 Å². The lowest BCUT2D eigenvalue weighted by Crippen LogP contribution is -2.45. The highest BCUT2D eigenvalue weighted by Gasteiger charge is 2.41. The Morgan fingerprint density at radius 1 is 0.268 bits per heavy atom. The smallest absolute Gasteiger partial charge is 0.225 e. The van der Waals surface area contributed by atoms with Crippen molar-refractivity contribution >= 4 is 82.7 Å². The monoisotopic (exact) mass is 1580 g/mol. The predicted octanol–water partition coefficient (Wildman–Crippen LogP) is -11.7. The Kier molecular flexibility index (Phi) is 38.9. The zero-order valence-electron chi connectivity index (χ0n) is 66.0. The Balaban J connectivity index is 0.909. The quantitative estimate of drug-likeness (QED) is 0.0269. The number of primary amides is 1. The second-order valence-corrected chi connectivity index (χ2v) is 30.6. The van der Waals surface area contributed by atoms with E-state index in [0.717, 1.165) is 0 Å². The van der Waals surface area contributed by atoms with Crippen LogP contribution in [0.3, 0.4) is 0 Å². The summed E-state index contributed by atoms with van der Waals surface area (Å²) in [5, 5.41) is 17.8. The summed E-state index contributed by atoms with van der Waals surface area (Å²) in [7, 11) is 1.64. The third kappa shape index (κ3) is 29.5. The molecule has 112 heavy (non-hydrogen) atoms. The molecular formula is C72H130N26O14. The summed E-state index contributed by atoms with van der Waals surface area (Å²) >= 11 is 0. The van der Waals surface area contributed by atoms with Crippen LogP contribution in [0.25, 0.3) is 0 Å². The van der Waals surface area contributed by atoms with Gasteiger partial charge in [0.1, 0.15) is 0 Å². The average molecular weight is 1580 g/mol. The zero-order chi connectivity index (χ0) is 81.2. The fraction of sp³-hybridized carbons (Fsp3) is 0.806. The molecule has 0 bridgehead atoms. The van der Waals surface area contributed by atoms with Gasteiger partial charge >= 0.3 is 0 Å². The minimum Gasteiger partial charge on any atom is -0.369 e. The van der Waals surface area contributed by atoms with Gasteiger partial charge in [0.25, 0.3) is 0 Å². The maximum Gasteiger partial charge on any atom is 0.225 e. The number of hydrogen-bond donors (Lipinski definition) is 13. The van der Waals surface area contributed by atoms with Crippen molar-refractivity contribution in [3.63, 3.8) is 0 Å². The maximum absolute atomic E-state index is 14.0. The molecule has 7 atom stereocenters. The van der Waals surface area contributed by atoms with Gasteiger partial charge in [0.05, 0.1) is 41.4 Å². The van der Waals surface area contributed by atoms with Crippen molar-refractivity contribution < 1.29 is 67.1 Å². The molecule has 40 heteroatoms. The third-order valence-electron chi connectivity index (χ3n) is 22.4. The van der Waals surface area contributed by atoms with Crippen molar-refractivity contribution in [1.29, 1.82) is 0 Å². The van der Waals surface area contributed by atoms with Gasteiger partial charge < -0.3 is 106 Å². The number of carbonyl (C=O) groups excluding carboxylic acids is 14. The summed E-state index contributed by atoms with van der Waals surface area (Å²) < 4.78 is 0. The number of carbonyl (C=O) groups is 14. The van der Waals surface area contributed by atoms with Crippen LogP contribution in [0, 0.1) is 41.4 Å². The summed E-state index contributed by atoms with van der Waals surface area (Å²) in [5.74, 6) is -7.63. The molecule has 7 fully saturated rings. The molecule has 632 valence electrons. The van der Waals surface area contributed by atoms with Gasteiger partial charge in [-0.15, -0.1) is 0 Å². The molecule has 7 unspecified atom stereocenters. The van der Waals surface area contributed by atoms with Crippen molar-refractivity contribution in [3.05, 3.63) is 0 Å². The number of likely N-dealkylation sites (tertiary alicyclic amines) is 7. The zero-order valence-corrected chi connectivity index (χ0v) is 66.0. The highest BCUT2D eigenvalue weighted by atomic mass is 16.2. The van der Waals surface area contributed by atoms with Gasteiger partial charge in [-0.25, -0.2) is 0 Å². The lowest BCUT2D eigenvalue weighted by molar-refractivity contribution is -0.129. The molecule has 20 N–H and O–H groups in total. The molecule has 0 aliphatic carbocycles.